The molecule has 1 aromatic heterocycles. The number of amides is 2. The largest absolute Gasteiger partial charge is 0.497 e. The number of aromatic nitrogens is 2. The predicted molar refractivity (Wildman–Crippen MR) is 115 cm³/mol. The lowest BCUT2D eigenvalue weighted by Crippen LogP contribution is -2.57. The summed E-state index contributed by atoms with van der Waals surface area (Å²) in [7, 11) is 1.66. The molecule has 30 heavy (non-hydrogen) atoms. The zero-order valence-corrected chi connectivity index (χ0v) is 17.9. The first-order valence-corrected chi connectivity index (χ1v) is 10.6. The number of hydrogen-bond donors (Lipinski definition) is 0. The first-order chi connectivity index (χ1) is 14.5. The van der Waals surface area contributed by atoms with Gasteiger partial charge < -0.3 is 14.5 Å². The number of piperazine rings is 1. The fourth-order valence-corrected chi connectivity index (χ4v) is 4.34. The third-order valence-electron chi connectivity index (χ3n) is 5.93. The number of methoxy groups -OCH3 is 1. The van der Waals surface area contributed by atoms with Crippen LogP contribution in [-0.4, -0.2) is 65.8 Å². The van der Waals surface area contributed by atoms with Crippen molar-refractivity contribution in [2.24, 2.45) is 0 Å². The van der Waals surface area contributed by atoms with Crippen molar-refractivity contribution < 1.29 is 14.3 Å². The number of ether oxygens (including phenoxy) is 1. The second-order valence-corrected chi connectivity index (χ2v) is 7.82. The van der Waals surface area contributed by atoms with E-state index in [1.54, 1.807) is 12.0 Å². The topological polar surface area (TPSA) is 70.9 Å². The molecule has 0 aliphatic carbocycles. The van der Waals surface area contributed by atoms with Gasteiger partial charge in [-0.1, -0.05) is 13.0 Å². The summed E-state index contributed by atoms with van der Waals surface area (Å²) >= 11 is 0. The van der Waals surface area contributed by atoms with Crippen molar-refractivity contribution >= 4 is 23.3 Å². The third-order valence-corrected chi connectivity index (χ3v) is 5.93. The number of fused-ring (bicyclic) bond motifs is 1. The molecule has 0 spiro atoms. The molecule has 1 aromatic carbocycles. The van der Waals surface area contributed by atoms with E-state index in [9.17, 15) is 9.59 Å². The Labute approximate surface area is 177 Å². The lowest BCUT2D eigenvalue weighted by Gasteiger charge is -2.40. The highest BCUT2D eigenvalue weighted by Gasteiger charge is 2.37. The lowest BCUT2D eigenvalue weighted by atomic mass is 10.1. The van der Waals surface area contributed by atoms with Crippen LogP contribution in [0.4, 0.5) is 11.5 Å². The van der Waals surface area contributed by atoms with E-state index in [-0.39, 0.29) is 11.8 Å². The molecule has 1 atom stereocenters. The summed E-state index contributed by atoms with van der Waals surface area (Å²) < 4.78 is 7.16. The number of anilines is 2. The Morgan fingerprint density at radius 3 is 2.63 bits per heavy atom. The van der Waals surface area contributed by atoms with Gasteiger partial charge in [-0.25, -0.2) is 4.68 Å². The van der Waals surface area contributed by atoms with Crippen LogP contribution in [0.3, 0.4) is 0 Å². The van der Waals surface area contributed by atoms with Crippen molar-refractivity contribution in [2.45, 2.75) is 39.3 Å². The van der Waals surface area contributed by atoms with E-state index in [2.05, 4.69) is 16.1 Å². The zero-order chi connectivity index (χ0) is 21.3. The van der Waals surface area contributed by atoms with Gasteiger partial charge in [0, 0.05) is 50.4 Å². The minimum atomic E-state index is -0.490. The third kappa shape index (κ3) is 3.74. The highest BCUT2D eigenvalue weighted by Crippen LogP contribution is 2.27. The lowest BCUT2D eigenvalue weighted by molar-refractivity contribution is -0.135. The number of carbonyl (C=O) groups is 2. The van der Waals surface area contributed by atoms with Crippen molar-refractivity contribution in [1.82, 2.24) is 14.7 Å². The number of benzene rings is 1. The molecule has 1 fully saturated rings. The summed E-state index contributed by atoms with van der Waals surface area (Å²) in [6.45, 7) is 7.21. The van der Waals surface area contributed by atoms with Crippen molar-refractivity contribution in [3.05, 3.63) is 36.0 Å². The maximum absolute atomic E-state index is 13.4. The fourth-order valence-electron chi connectivity index (χ4n) is 4.34. The van der Waals surface area contributed by atoms with Gasteiger partial charge in [0.25, 0.3) is 0 Å². The number of rotatable bonds is 5. The van der Waals surface area contributed by atoms with Gasteiger partial charge in [0.1, 0.15) is 17.6 Å². The van der Waals surface area contributed by atoms with Gasteiger partial charge in [-0.3, -0.25) is 14.5 Å². The molecule has 2 aromatic rings. The number of hydrogen-bond acceptors (Lipinski definition) is 5. The van der Waals surface area contributed by atoms with Crippen LogP contribution in [0.15, 0.2) is 30.3 Å². The zero-order valence-electron chi connectivity index (χ0n) is 17.9. The van der Waals surface area contributed by atoms with Crippen LogP contribution in [0.1, 0.15) is 25.5 Å². The Morgan fingerprint density at radius 2 is 1.93 bits per heavy atom. The van der Waals surface area contributed by atoms with E-state index >= 15 is 0 Å². The molecule has 8 heteroatoms. The first-order valence-electron chi connectivity index (χ1n) is 10.6. The van der Waals surface area contributed by atoms with Crippen LogP contribution in [0.5, 0.6) is 5.75 Å². The molecule has 3 heterocycles. The molecule has 1 unspecified atom stereocenters. The van der Waals surface area contributed by atoms with Gasteiger partial charge in [-0.15, -0.1) is 0 Å². The number of aryl methyl sites for hydroxylation is 2. The van der Waals surface area contributed by atoms with Crippen LogP contribution in [0.2, 0.25) is 0 Å². The van der Waals surface area contributed by atoms with Gasteiger partial charge in [-0.05, 0) is 25.5 Å². The average molecular weight is 412 g/mol. The summed E-state index contributed by atoms with van der Waals surface area (Å²) in [5.41, 5.74) is 1.96. The summed E-state index contributed by atoms with van der Waals surface area (Å²) in [6.07, 6.45) is 0.951. The van der Waals surface area contributed by atoms with E-state index in [4.69, 9.17) is 4.74 Å². The van der Waals surface area contributed by atoms with Gasteiger partial charge in [0.05, 0.1) is 19.3 Å². The van der Waals surface area contributed by atoms with E-state index in [0.29, 0.717) is 32.5 Å². The van der Waals surface area contributed by atoms with Crippen LogP contribution >= 0.6 is 0 Å². The molecule has 8 nitrogen and oxygen atoms in total. The van der Waals surface area contributed by atoms with Gasteiger partial charge in [0.15, 0.2) is 0 Å². The predicted octanol–water partition coefficient (Wildman–Crippen LogP) is 2.06. The Bertz CT molecular complexity index is 933. The quantitative estimate of drug-likeness (QED) is 0.753. The standard InChI is InChI=1S/C22H29N5O3/c1-4-19(27-20-14-16(2)23-26(20)9-8-21(27)28)22(29)25-12-10-24(11-13-25)17-6-5-7-18(15-17)30-3/h5-7,14-15,19H,4,8-13H2,1-3H3. The molecule has 0 N–H and O–H groups in total. The minimum Gasteiger partial charge on any atom is -0.497 e. The SMILES string of the molecule is CCC(C(=O)N1CCN(c2cccc(OC)c2)CC1)N1C(=O)CCn2nc(C)cc21. The molecule has 0 radical (unpaired) electrons. The van der Waals surface area contributed by atoms with Crippen LogP contribution < -0.4 is 14.5 Å². The van der Waals surface area contributed by atoms with E-state index in [0.717, 1.165) is 36.0 Å². The Balaban J connectivity index is 1.47. The van der Waals surface area contributed by atoms with Crippen LogP contribution in [-0.2, 0) is 16.1 Å². The molecule has 0 saturated carbocycles. The molecule has 2 aliphatic rings. The minimum absolute atomic E-state index is 0.00221. The Morgan fingerprint density at radius 1 is 1.17 bits per heavy atom. The highest BCUT2D eigenvalue weighted by molar-refractivity contribution is 6.01. The van der Waals surface area contributed by atoms with Gasteiger partial charge in [-0.2, -0.15) is 5.10 Å². The Hall–Kier alpha value is -3.03. The Kier molecular flexibility index (Phi) is 5.65. The summed E-state index contributed by atoms with van der Waals surface area (Å²) in [4.78, 5) is 32.0. The van der Waals surface area contributed by atoms with E-state index in [1.165, 1.54) is 0 Å². The monoisotopic (exact) mass is 411 g/mol. The molecular formula is C22H29N5O3. The summed E-state index contributed by atoms with van der Waals surface area (Å²) in [5, 5.41) is 4.46. The van der Waals surface area contributed by atoms with Crippen LogP contribution in [0.25, 0.3) is 0 Å². The van der Waals surface area contributed by atoms with E-state index in [1.807, 2.05) is 47.7 Å². The van der Waals surface area contributed by atoms with Crippen LogP contribution in [0, 0.1) is 6.92 Å². The normalized spacial score (nSPS) is 17.7. The van der Waals surface area contributed by atoms with Gasteiger partial charge in [0.2, 0.25) is 11.8 Å². The number of carbonyl (C=O) groups excluding carboxylic acids is 2. The van der Waals surface area contributed by atoms with Crippen molar-refractivity contribution in [3.63, 3.8) is 0 Å². The molecule has 160 valence electrons. The first kappa shape index (κ1) is 20.3. The molecule has 2 aliphatic heterocycles. The summed E-state index contributed by atoms with van der Waals surface area (Å²) in [5.74, 6) is 1.58. The maximum Gasteiger partial charge on any atom is 0.245 e. The number of nitrogens with zero attached hydrogens (tertiary/aromatic N) is 5. The highest BCUT2D eigenvalue weighted by atomic mass is 16.5. The smallest absolute Gasteiger partial charge is 0.245 e. The van der Waals surface area contributed by atoms with Crippen molar-refractivity contribution in [3.8, 4) is 5.75 Å². The average Bonchev–Trinajstić information content (AvgIpc) is 3.16. The fraction of sp³-hybridized carbons (Fsp3) is 0.500. The summed E-state index contributed by atoms with van der Waals surface area (Å²) in [6, 6.07) is 9.39. The van der Waals surface area contributed by atoms with Crippen molar-refractivity contribution in [2.75, 3.05) is 43.1 Å². The maximum atomic E-state index is 13.4. The molecule has 4 rings (SSSR count). The van der Waals surface area contributed by atoms with Gasteiger partial charge >= 0.3 is 0 Å². The van der Waals surface area contributed by atoms with E-state index < -0.39 is 6.04 Å². The molecule has 1 saturated heterocycles. The molecule has 2 amide bonds. The second-order valence-electron chi connectivity index (χ2n) is 7.82. The second kappa shape index (κ2) is 8.38. The van der Waals surface area contributed by atoms with Crippen molar-refractivity contribution in [1.29, 1.82) is 0 Å². The molecular weight excluding hydrogens is 382 g/mol. The molecule has 0 bridgehead atoms.